The van der Waals surface area contributed by atoms with Gasteiger partial charge in [-0.05, 0) is 12.8 Å². The molecule has 1 saturated carbocycles. The summed E-state index contributed by atoms with van der Waals surface area (Å²) in [5.41, 5.74) is 5.57. The van der Waals surface area contributed by atoms with Crippen LogP contribution in [-0.4, -0.2) is 21.6 Å². The fourth-order valence-corrected chi connectivity index (χ4v) is 1.28. The van der Waals surface area contributed by atoms with Gasteiger partial charge in [0.2, 0.25) is 0 Å². The third kappa shape index (κ3) is 2.68. The largest absolute Gasteiger partial charge is 0.370 e. The summed E-state index contributed by atoms with van der Waals surface area (Å²) in [6, 6.07) is 0.401. The summed E-state index contributed by atoms with van der Waals surface area (Å²) in [5.74, 6) is 0.488. The number of alkyl halides is 2. The maximum atomic E-state index is 12.4. The molecule has 0 amide bonds. The van der Waals surface area contributed by atoms with Crippen molar-refractivity contribution in [1.29, 1.82) is 0 Å². The minimum absolute atomic E-state index is 0.0584. The van der Waals surface area contributed by atoms with Crippen LogP contribution in [0.2, 0.25) is 0 Å². The van der Waals surface area contributed by atoms with Crippen LogP contribution in [0, 0.1) is 0 Å². The molecule has 88 valence electrons. The van der Waals surface area contributed by atoms with E-state index >= 15 is 0 Å². The SMILES string of the molecule is NC(=NCc1nccn1C(F)F)NC1CC1. The van der Waals surface area contributed by atoms with Crippen molar-refractivity contribution in [1.82, 2.24) is 14.9 Å². The lowest BCUT2D eigenvalue weighted by Crippen LogP contribution is -2.33. The minimum atomic E-state index is -2.59. The number of nitrogens with zero attached hydrogens (tertiary/aromatic N) is 3. The first kappa shape index (κ1) is 10.8. The number of nitrogens with one attached hydrogen (secondary N) is 1. The lowest BCUT2D eigenvalue weighted by Gasteiger charge is -2.05. The lowest BCUT2D eigenvalue weighted by atomic mass is 10.6. The standard InChI is InChI=1S/C9H13F2N5/c10-8(11)16-4-3-13-7(16)5-14-9(12)15-6-1-2-6/h3-4,6,8H,1-2,5H2,(H3,12,14,15). The van der Waals surface area contributed by atoms with Crippen LogP contribution in [0.5, 0.6) is 0 Å². The van der Waals surface area contributed by atoms with E-state index in [1.54, 1.807) is 0 Å². The summed E-state index contributed by atoms with van der Waals surface area (Å²) in [5, 5.41) is 2.97. The molecule has 1 fully saturated rings. The van der Waals surface area contributed by atoms with Gasteiger partial charge in [-0.25, -0.2) is 9.98 Å². The smallest absolute Gasteiger partial charge is 0.319 e. The molecular formula is C9H13F2N5. The number of guanidine groups is 1. The molecule has 1 aromatic heterocycles. The van der Waals surface area contributed by atoms with Gasteiger partial charge < -0.3 is 11.1 Å². The zero-order chi connectivity index (χ0) is 11.5. The first-order chi connectivity index (χ1) is 7.66. The van der Waals surface area contributed by atoms with E-state index in [4.69, 9.17) is 5.73 Å². The molecule has 0 spiro atoms. The van der Waals surface area contributed by atoms with Gasteiger partial charge >= 0.3 is 6.55 Å². The Morgan fingerprint density at radius 3 is 3.06 bits per heavy atom. The first-order valence-corrected chi connectivity index (χ1v) is 5.03. The zero-order valence-electron chi connectivity index (χ0n) is 8.61. The molecule has 0 saturated heterocycles. The maximum absolute atomic E-state index is 12.4. The molecule has 16 heavy (non-hydrogen) atoms. The normalized spacial score (nSPS) is 16.8. The molecule has 1 aliphatic rings. The molecule has 1 aromatic rings. The van der Waals surface area contributed by atoms with Crippen molar-refractivity contribution in [2.75, 3.05) is 0 Å². The Morgan fingerprint density at radius 2 is 2.44 bits per heavy atom. The van der Waals surface area contributed by atoms with Crippen molar-refractivity contribution in [2.45, 2.75) is 32.0 Å². The van der Waals surface area contributed by atoms with Crippen LogP contribution in [0.4, 0.5) is 8.78 Å². The highest BCUT2D eigenvalue weighted by Crippen LogP contribution is 2.18. The van der Waals surface area contributed by atoms with Crippen molar-refractivity contribution in [3.05, 3.63) is 18.2 Å². The van der Waals surface area contributed by atoms with Gasteiger partial charge in [-0.1, -0.05) is 0 Å². The average Bonchev–Trinajstić information content (AvgIpc) is 2.91. The molecule has 0 unspecified atom stereocenters. The second-order valence-electron chi connectivity index (χ2n) is 3.65. The number of halogens is 2. The molecule has 0 aliphatic heterocycles. The third-order valence-corrected chi connectivity index (χ3v) is 2.28. The van der Waals surface area contributed by atoms with Crippen molar-refractivity contribution in [2.24, 2.45) is 10.7 Å². The van der Waals surface area contributed by atoms with E-state index in [0.29, 0.717) is 6.04 Å². The highest BCUT2D eigenvalue weighted by molar-refractivity contribution is 5.78. The maximum Gasteiger partial charge on any atom is 0.319 e. The summed E-state index contributed by atoms with van der Waals surface area (Å²) in [7, 11) is 0. The summed E-state index contributed by atoms with van der Waals surface area (Å²) >= 11 is 0. The van der Waals surface area contributed by atoms with Crippen LogP contribution in [-0.2, 0) is 6.54 Å². The molecular weight excluding hydrogens is 216 g/mol. The summed E-state index contributed by atoms with van der Waals surface area (Å²) in [4.78, 5) is 7.75. The molecule has 5 nitrogen and oxygen atoms in total. The average molecular weight is 229 g/mol. The highest BCUT2D eigenvalue weighted by Gasteiger charge is 2.21. The number of hydrogen-bond donors (Lipinski definition) is 2. The monoisotopic (exact) mass is 229 g/mol. The molecule has 0 bridgehead atoms. The summed E-state index contributed by atoms with van der Waals surface area (Å²) in [6.45, 7) is -2.53. The van der Waals surface area contributed by atoms with Crippen LogP contribution in [0.15, 0.2) is 17.4 Å². The molecule has 0 radical (unpaired) electrons. The second-order valence-corrected chi connectivity index (χ2v) is 3.65. The summed E-state index contributed by atoms with van der Waals surface area (Å²) < 4.78 is 25.6. The second kappa shape index (κ2) is 4.46. The van der Waals surface area contributed by atoms with Crippen molar-refractivity contribution in [3.63, 3.8) is 0 Å². The van der Waals surface area contributed by atoms with E-state index in [1.165, 1.54) is 12.4 Å². The quantitative estimate of drug-likeness (QED) is 0.594. The van der Waals surface area contributed by atoms with Crippen molar-refractivity contribution < 1.29 is 8.78 Å². The molecule has 0 atom stereocenters. The van der Waals surface area contributed by atoms with E-state index in [1.807, 2.05) is 0 Å². The Kier molecular flexibility index (Phi) is 3.02. The van der Waals surface area contributed by atoms with Gasteiger partial charge in [0.25, 0.3) is 0 Å². The first-order valence-electron chi connectivity index (χ1n) is 5.03. The fraction of sp³-hybridized carbons (Fsp3) is 0.556. The van der Waals surface area contributed by atoms with Gasteiger partial charge in [-0.2, -0.15) is 8.78 Å². The van der Waals surface area contributed by atoms with Gasteiger partial charge in [-0.3, -0.25) is 4.57 Å². The van der Waals surface area contributed by atoms with E-state index in [9.17, 15) is 8.78 Å². The van der Waals surface area contributed by atoms with Gasteiger partial charge in [0.1, 0.15) is 12.4 Å². The molecule has 0 aromatic carbocycles. The minimum Gasteiger partial charge on any atom is -0.370 e. The number of aromatic nitrogens is 2. The molecule has 1 heterocycles. The number of imidazole rings is 1. The van der Waals surface area contributed by atoms with E-state index in [-0.39, 0.29) is 18.3 Å². The highest BCUT2D eigenvalue weighted by atomic mass is 19.3. The van der Waals surface area contributed by atoms with E-state index in [0.717, 1.165) is 17.4 Å². The van der Waals surface area contributed by atoms with Crippen molar-refractivity contribution >= 4 is 5.96 Å². The van der Waals surface area contributed by atoms with Crippen LogP contribution >= 0.6 is 0 Å². The summed E-state index contributed by atoms with van der Waals surface area (Å²) in [6.07, 6.45) is 4.71. The predicted molar refractivity (Wildman–Crippen MR) is 55.0 cm³/mol. The Hall–Kier alpha value is -1.66. The molecule has 3 N–H and O–H groups in total. The Bertz CT molecular complexity index is 383. The number of hydrogen-bond acceptors (Lipinski definition) is 2. The fourth-order valence-electron chi connectivity index (χ4n) is 1.28. The van der Waals surface area contributed by atoms with Gasteiger partial charge in [0.15, 0.2) is 5.96 Å². The van der Waals surface area contributed by atoms with Gasteiger partial charge in [-0.15, -0.1) is 0 Å². The van der Waals surface area contributed by atoms with Gasteiger partial charge in [0, 0.05) is 18.4 Å². The van der Waals surface area contributed by atoms with Crippen LogP contribution in [0.1, 0.15) is 25.2 Å². The third-order valence-electron chi connectivity index (χ3n) is 2.28. The number of nitrogens with two attached hydrogens (primary N) is 1. The van der Waals surface area contributed by atoms with Gasteiger partial charge in [0.05, 0.1) is 0 Å². The van der Waals surface area contributed by atoms with Crippen LogP contribution in [0.3, 0.4) is 0 Å². The van der Waals surface area contributed by atoms with Crippen LogP contribution in [0.25, 0.3) is 0 Å². The van der Waals surface area contributed by atoms with E-state index in [2.05, 4.69) is 15.3 Å². The van der Waals surface area contributed by atoms with Crippen LogP contribution < -0.4 is 11.1 Å². The number of aliphatic imine (C=N–C) groups is 1. The van der Waals surface area contributed by atoms with Crippen molar-refractivity contribution in [3.8, 4) is 0 Å². The Labute approximate surface area is 91.4 Å². The lowest BCUT2D eigenvalue weighted by molar-refractivity contribution is 0.0671. The number of rotatable bonds is 4. The molecule has 2 rings (SSSR count). The topological polar surface area (TPSA) is 68.2 Å². The van der Waals surface area contributed by atoms with E-state index < -0.39 is 6.55 Å². The molecule has 1 aliphatic carbocycles. The zero-order valence-corrected chi connectivity index (χ0v) is 8.61. The Morgan fingerprint density at radius 1 is 1.69 bits per heavy atom. The molecule has 7 heteroatoms. The Balaban J connectivity index is 1.94. The predicted octanol–water partition coefficient (Wildman–Crippen LogP) is 0.845.